The summed E-state index contributed by atoms with van der Waals surface area (Å²) in [6.07, 6.45) is 1.67. The van der Waals surface area contributed by atoms with Crippen molar-refractivity contribution in [2.75, 3.05) is 5.32 Å². The zero-order valence-electron chi connectivity index (χ0n) is 9.54. The van der Waals surface area contributed by atoms with Gasteiger partial charge in [0.2, 0.25) is 5.91 Å². The van der Waals surface area contributed by atoms with E-state index in [9.17, 15) is 9.18 Å². The molecule has 0 radical (unpaired) electrons. The maximum absolute atomic E-state index is 13.7. The molecule has 0 bridgehead atoms. The Bertz CT molecular complexity index is 585. The highest BCUT2D eigenvalue weighted by atomic mass is 79.9. The van der Waals surface area contributed by atoms with E-state index in [-0.39, 0.29) is 12.3 Å². The number of benzene rings is 1. The number of rotatable bonds is 3. The first kappa shape index (κ1) is 13.2. The van der Waals surface area contributed by atoms with Crippen LogP contribution in [0.4, 0.5) is 9.52 Å². The van der Waals surface area contributed by atoms with Crippen LogP contribution in [-0.4, -0.2) is 10.9 Å². The first-order valence-electron chi connectivity index (χ1n) is 5.21. The fourth-order valence-corrected chi connectivity index (χ4v) is 2.52. The Morgan fingerprint density at radius 2 is 2.33 bits per heavy atom. The normalized spacial score (nSPS) is 10.4. The number of halogens is 2. The average molecular weight is 329 g/mol. The van der Waals surface area contributed by atoms with Crippen molar-refractivity contribution in [3.8, 4) is 0 Å². The molecule has 6 heteroatoms. The highest BCUT2D eigenvalue weighted by Crippen LogP contribution is 2.20. The minimum absolute atomic E-state index is 0.0100. The van der Waals surface area contributed by atoms with Gasteiger partial charge in [0, 0.05) is 11.1 Å². The van der Waals surface area contributed by atoms with Gasteiger partial charge in [-0.15, -0.1) is 11.3 Å². The van der Waals surface area contributed by atoms with E-state index in [0.717, 1.165) is 4.88 Å². The molecule has 18 heavy (non-hydrogen) atoms. The Balaban J connectivity index is 2.05. The molecule has 0 unspecified atom stereocenters. The third-order valence-electron chi connectivity index (χ3n) is 2.25. The largest absolute Gasteiger partial charge is 0.302 e. The van der Waals surface area contributed by atoms with Crippen LogP contribution in [0, 0.1) is 12.7 Å². The van der Waals surface area contributed by atoms with Gasteiger partial charge in [-0.2, -0.15) is 0 Å². The van der Waals surface area contributed by atoms with Crippen molar-refractivity contribution in [1.29, 1.82) is 0 Å². The average Bonchev–Trinajstić information content (AvgIpc) is 2.70. The number of carbonyl (C=O) groups excluding carboxylic acids is 1. The summed E-state index contributed by atoms with van der Waals surface area (Å²) < 4.78 is 14.0. The number of thiazole rings is 1. The standard InChI is InChI=1S/C12H10BrFN2OS/c1-7-6-15-12(18-7)16-10(17)5-8-3-2-4-9(13)11(8)14/h2-4,6H,5H2,1H3,(H,15,16,17). The SMILES string of the molecule is Cc1cnc(NC(=O)Cc2cccc(Br)c2F)s1. The third kappa shape index (κ3) is 3.14. The molecule has 94 valence electrons. The van der Waals surface area contributed by atoms with Gasteiger partial charge in [-0.3, -0.25) is 4.79 Å². The van der Waals surface area contributed by atoms with Crippen molar-refractivity contribution in [2.24, 2.45) is 0 Å². The van der Waals surface area contributed by atoms with Crippen LogP contribution in [0.1, 0.15) is 10.4 Å². The number of hydrogen-bond acceptors (Lipinski definition) is 3. The van der Waals surface area contributed by atoms with E-state index in [1.54, 1.807) is 24.4 Å². The molecule has 0 aliphatic rings. The Kier molecular flexibility index (Phi) is 4.08. The molecule has 3 nitrogen and oxygen atoms in total. The second-order valence-electron chi connectivity index (χ2n) is 3.71. The maximum Gasteiger partial charge on any atom is 0.230 e. The zero-order chi connectivity index (χ0) is 13.1. The number of nitrogens with one attached hydrogen (secondary N) is 1. The molecule has 1 aromatic carbocycles. The first-order chi connectivity index (χ1) is 8.56. The van der Waals surface area contributed by atoms with Gasteiger partial charge in [0.25, 0.3) is 0 Å². The summed E-state index contributed by atoms with van der Waals surface area (Å²) in [6.45, 7) is 1.90. The third-order valence-corrected chi connectivity index (χ3v) is 3.69. The van der Waals surface area contributed by atoms with Gasteiger partial charge >= 0.3 is 0 Å². The Morgan fingerprint density at radius 1 is 1.56 bits per heavy atom. The fourth-order valence-electron chi connectivity index (χ4n) is 1.43. The second kappa shape index (κ2) is 5.58. The van der Waals surface area contributed by atoms with Crippen LogP contribution >= 0.6 is 27.3 Å². The zero-order valence-corrected chi connectivity index (χ0v) is 11.9. The van der Waals surface area contributed by atoms with Gasteiger partial charge < -0.3 is 5.32 Å². The first-order valence-corrected chi connectivity index (χ1v) is 6.82. The highest BCUT2D eigenvalue weighted by molar-refractivity contribution is 9.10. The molecule has 1 aromatic heterocycles. The lowest BCUT2D eigenvalue weighted by Gasteiger charge is -2.04. The molecule has 0 saturated heterocycles. The predicted octanol–water partition coefficient (Wildman–Crippen LogP) is 3.53. The smallest absolute Gasteiger partial charge is 0.230 e. The number of amides is 1. The molecule has 0 aliphatic carbocycles. The van der Waals surface area contributed by atoms with Crippen LogP contribution in [0.2, 0.25) is 0 Å². The summed E-state index contributed by atoms with van der Waals surface area (Å²) in [5.74, 6) is -0.677. The number of aromatic nitrogens is 1. The lowest BCUT2D eigenvalue weighted by atomic mass is 10.1. The summed E-state index contributed by atoms with van der Waals surface area (Å²) in [6, 6.07) is 4.89. The topological polar surface area (TPSA) is 42.0 Å². The van der Waals surface area contributed by atoms with Gasteiger partial charge in [-0.05, 0) is 34.5 Å². The summed E-state index contributed by atoms with van der Waals surface area (Å²) in [5.41, 5.74) is 0.357. The number of carbonyl (C=O) groups is 1. The van der Waals surface area contributed by atoms with Crippen LogP contribution in [0.5, 0.6) is 0 Å². The molecule has 0 fully saturated rings. The molecular formula is C12H10BrFN2OS. The van der Waals surface area contributed by atoms with E-state index in [4.69, 9.17) is 0 Å². The molecule has 1 N–H and O–H groups in total. The molecule has 2 aromatic rings. The number of anilines is 1. The van der Waals surface area contributed by atoms with Crippen molar-refractivity contribution in [3.05, 3.63) is 45.1 Å². The van der Waals surface area contributed by atoms with Gasteiger partial charge in [0.1, 0.15) is 5.82 Å². The van der Waals surface area contributed by atoms with E-state index in [1.807, 2.05) is 6.92 Å². The van der Waals surface area contributed by atoms with Crippen LogP contribution in [0.25, 0.3) is 0 Å². The van der Waals surface area contributed by atoms with Gasteiger partial charge in [-0.1, -0.05) is 12.1 Å². The van der Waals surface area contributed by atoms with Crippen molar-refractivity contribution >= 4 is 38.3 Å². The fraction of sp³-hybridized carbons (Fsp3) is 0.167. The van der Waals surface area contributed by atoms with Gasteiger partial charge in [0.15, 0.2) is 5.13 Å². The highest BCUT2D eigenvalue weighted by Gasteiger charge is 2.11. The van der Waals surface area contributed by atoms with Gasteiger partial charge in [-0.25, -0.2) is 9.37 Å². The molecule has 0 spiro atoms. The molecule has 2 rings (SSSR count). The quantitative estimate of drug-likeness (QED) is 0.936. The van der Waals surface area contributed by atoms with E-state index >= 15 is 0 Å². The van der Waals surface area contributed by atoms with Crippen molar-refractivity contribution in [3.63, 3.8) is 0 Å². The van der Waals surface area contributed by atoms with Crippen molar-refractivity contribution in [2.45, 2.75) is 13.3 Å². The lowest BCUT2D eigenvalue weighted by molar-refractivity contribution is -0.115. The van der Waals surface area contributed by atoms with Gasteiger partial charge in [0.05, 0.1) is 10.9 Å². The Labute approximate surface area is 116 Å². The second-order valence-corrected chi connectivity index (χ2v) is 5.80. The summed E-state index contributed by atoms with van der Waals surface area (Å²) in [7, 11) is 0. The number of nitrogens with zero attached hydrogens (tertiary/aromatic N) is 1. The molecule has 1 heterocycles. The lowest BCUT2D eigenvalue weighted by Crippen LogP contribution is -2.15. The maximum atomic E-state index is 13.7. The molecule has 0 aliphatic heterocycles. The predicted molar refractivity (Wildman–Crippen MR) is 73.3 cm³/mol. The van der Waals surface area contributed by atoms with Crippen molar-refractivity contribution < 1.29 is 9.18 Å². The summed E-state index contributed by atoms with van der Waals surface area (Å²) in [5, 5.41) is 3.18. The minimum atomic E-state index is -0.400. The summed E-state index contributed by atoms with van der Waals surface area (Å²) >= 11 is 4.48. The van der Waals surface area contributed by atoms with Crippen LogP contribution in [-0.2, 0) is 11.2 Å². The molecule has 0 atom stereocenters. The van der Waals surface area contributed by atoms with Crippen LogP contribution in [0.15, 0.2) is 28.9 Å². The summed E-state index contributed by atoms with van der Waals surface area (Å²) in [4.78, 5) is 16.8. The Hall–Kier alpha value is -1.27. The number of hydrogen-bond donors (Lipinski definition) is 1. The molecule has 1 amide bonds. The minimum Gasteiger partial charge on any atom is -0.302 e. The van der Waals surface area contributed by atoms with E-state index in [2.05, 4.69) is 26.2 Å². The van der Waals surface area contributed by atoms with Crippen LogP contribution in [0.3, 0.4) is 0 Å². The van der Waals surface area contributed by atoms with E-state index in [0.29, 0.717) is 15.2 Å². The van der Waals surface area contributed by atoms with Crippen molar-refractivity contribution in [1.82, 2.24) is 4.98 Å². The monoisotopic (exact) mass is 328 g/mol. The number of aryl methyl sites for hydroxylation is 1. The van der Waals surface area contributed by atoms with E-state index in [1.165, 1.54) is 11.3 Å². The Morgan fingerprint density at radius 3 is 3.00 bits per heavy atom. The molecule has 0 saturated carbocycles. The van der Waals surface area contributed by atoms with Crippen LogP contribution < -0.4 is 5.32 Å². The van der Waals surface area contributed by atoms with E-state index < -0.39 is 5.82 Å². The molecular weight excluding hydrogens is 319 g/mol.